The molecule has 7 heteroatoms. The van der Waals surface area contributed by atoms with Crippen molar-refractivity contribution in [3.63, 3.8) is 0 Å². The molecule has 0 aliphatic heterocycles. The summed E-state index contributed by atoms with van der Waals surface area (Å²) in [6.07, 6.45) is 2.52. The number of amides is 1. The van der Waals surface area contributed by atoms with Crippen LogP contribution in [-0.2, 0) is 0 Å². The number of hydrogen-bond acceptors (Lipinski definition) is 4. The summed E-state index contributed by atoms with van der Waals surface area (Å²) < 4.78 is 14.1. The summed E-state index contributed by atoms with van der Waals surface area (Å²) in [4.78, 5) is 11.6. The van der Waals surface area contributed by atoms with Crippen molar-refractivity contribution in [3.05, 3.63) is 42.2 Å². The standard InChI is InChI=1S/C9H7FN4O2/c10-6-1-2-8(15)7(3-6)9(16)13-14-4-11-12-5-14/h1-5,15H,(H,13,16). The molecule has 1 amide bonds. The molecule has 1 aromatic heterocycles. The summed E-state index contributed by atoms with van der Waals surface area (Å²) in [5.74, 6) is -1.56. The monoisotopic (exact) mass is 222 g/mol. The lowest BCUT2D eigenvalue weighted by Crippen LogP contribution is -2.21. The third kappa shape index (κ3) is 1.97. The lowest BCUT2D eigenvalue weighted by molar-refractivity contribution is 0.100. The van der Waals surface area contributed by atoms with Crippen molar-refractivity contribution in [2.45, 2.75) is 0 Å². The van der Waals surface area contributed by atoms with Crippen molar-refractivity contribution in [1.29, 1.82) is 0 Å². The topological polar surface area (TPSA) is 80.0 Å². The Morgan fingerprint density at radius 2 is 2.06 bits per heavy atom. The van der Waals surface area contributed by atoms with Gasteiger partial charge in [-0.3, -0.25) is 10.2 Å². The van der Waals surface area contributed by atoms with Gasteiger partial charge < -0.3 is 5.11 Å². The van der Waals surface area contributed by atoms with Crippen LogP contribution < -0.4 is 5.43 Å². The van der Waals surface area contributed by atoms with Gasteiger partial charge in [-0.25, -0.2) is 9.07 Å². The number of hydrogen-bond donors (Lipinski definition) is 2. The molecule has 0 atom stereocenters. The highest BCUT2D eigenvalue weighted by molar-refractivity contribution is 6.02. The zero-order valence-corrected chi connectivity index (χ0v) is 7.96. The van der Waals surface area contributed by atoms with E-state index < -0.39 is 11.7 Å². The Hall–Kier alpha value is -2.44. The lowest BCUT2D eigenvalue weighted by Gasteiger charge is -2.06. The molecule has 0 bridgehead atoms. The number of aromatic hydroxyl groups is 1. The van der Waals surface area contributed by atoms with E-state index in [1.165, 1.54) is 17.3 Å². The predicted molar refractivity (Wildman–Crippen MR) is 51.8 cm³/mol. The summed E-state index contributed by atoms with van der Waals surface area (Å²) in [6, 6.07) is 3.11. The summed E-state index contributed by atoms with van der Waals surface area (Å²) >= 11 is 0. The van der Waals surface area contributed by atoms with Gasteiger partial charge in [0.05, 0.1) is 5.56 Å². The average Bonchev–Trinajstić information content (AvgIpc) is 2.74. The summed E-state index contributed by atoms with van der Waals surface area (Å²) in [5, 5.41) is 16.3. The third-order valence-electron chi connectivity index (χ3n) is 1.85. The first kappa shape index (κ1) is 10.1. The minimum absolute atomic E-state index is 0.159. The quantitative estimate of drug-likeness (QED) is 0.775. The number of aromatic nitrogens is 3. The molecule has 1 heterocycles. The van der Waals surface area contributed by atoms with Crippen molar-refractivity contribution in [2.24, 2.45) is 0 Å². The van der Waals surface area contributed by atoms with Crippen LogP contribution in [0.25, 0.3) is 0 Å². The number of rotatable bonds is 2. The highest BCUT2D eigenvalue weighted by atomic mass is 19.1. The average molecular weight is 222 g/mol. The molecule has 6 nitrogen and oxygen atoms in total. The Morgan fingerprint density at radius 3 is 2.75 bits per heavy atom. The van der Waals surface area contributed by atoms with Crippen LogP contribution >= 0.6 is 0 Å². The van der Waals surface area contributed by atoms with Crippen LogP contribution in [0.4, 0.5) is 4.39 Å². The summed E-state index contributed by atoms with van der Waals surface area (Å²) in [7, 11) is 0. The minimum Gasteiger partial charge on any atom is -0.507 e. The molecule has 0 spiro atoms. The number of phenolic OH excluding ortho intramolecular Hbond substituents is 1. The van der Waals surface area contributed by atoms with Crippen LogP contribution in [0.15, 0.2) is 30.9 Å². The van der Waals surface area contributed by atoms with E-state index in [2.05, 4.69) is 15.6 Å². The van der Waals surface area contributed by atoms with Crippen LogP contribution in [0, 0.1) is 5.82 Å². The molecule has 2 rings (SSSR count). The molecule has 0 fully saturated rings. The van der Waals surface area contributed by atoms with Gasteiger partial charge in [0.2, 0.25) is 0 Å². The molecule has 2 N–H and O–H groups in total. The Kier molecular flexibility index (Phi) is 2.50. The SMILES string of the molecule is O=C(Nn1cnnc1)c1cc(F)ccc1O. The maximum atomic E-state index is 12.9. The molecule has 0 saturated carbocycles. The van der Waals surface area contributed by atoms with Gasteiger partial charge in [0, 0.05) is 0 Å². The van der Waals surface area contributed by atoms with E-state index >= 15 is 0 Å². The van der Waals surface area contributed by atoms with E-state index in [4.69, 9.17) is 0 Å². The number of carbonyl (C=O) groups is 1. The zero-order valence-electron chi connectivity index (χ0n) is 7.96. The van der Waals surface area contributed by atoms with Crippen molar-refractivity contribution >= 4 is 5.91 Å². The first-order valence-electron chi connectivity index (χ1n) is 4.31. The fourth-order valence-electron chi connectivity index (χ4n) is 1.13. The number of phenols is 1. The van der Waals surface area contributed by atoms with Crippen molar-refractivity contribution in [3.8, 4) is 5.75 Å². The Labute approximate surface area is 89.3 Å². The maximum Gasteiger partial charge on any atom is 0.274 e. The molecule has 2 aromatic rings. The molecular formula is C9H7FN4O2. The molecule has 0 saturated heterocycles. The normalized spacial score (nSPS) is 10.1. The maximum absolute atomic E-state index is 12.9. The number of nitrogens with zero attached hydrogens (tertiary/aromatic N) is 3. The van der Waals surface area contributed by atoms with E-state index in [-0.39, 0.29) is 11.3 Å². The van der Waals surface area contributed by atoms with Gasteiger partial charge in [-0.15, -0.1) is 10.2 Å². The van der Waals surface area contributed by atoms with Crippen molar-refractivity contribution in [2.75, 3.05) is 5.43 Å². The molecule has 16 heavy (non-hydrogen) atoms. The minimum atomic E-state index is -0.656. The summed E-state index contributed by atoms with van der Waals surface area (Å²) in [6.45, 7) is 0. The number of benzene rings is 1. The number of halogens is 1. The third-order valence-corrected chi connectivity index (χ3v) is 1.85. The molecule has 0 radical (unpaired) electrons. The summed E-state index contributed by atoms with van der Waals surface area (Å²) in [5.41, 5.74) is 2.17. The van der Waals surface area contributed by atoms with E-state index in [1.807, 2.05) is 0 Å². The Bertz CT molecular complexity index is 512. The highest BCUT2D eigenvalue weighted by Gasteiger charge is 2.12. The second kappa shape index (κ2) is 3.97. The van der Waals surface area contributed by atoms with Gasteiger partial charge in [0.15, 0.2) is 0 Å². The smallest absolute Gasteiger partial charge is 0.274 e. The van der Waals surface area contributed by atoms with Gasteiger partial charge >= 0.3 is 0 Å². The largest absolute Gasteiger partial charge is 0.507 e. The molecule has 0 aliphatic carbocycles. The van der Waals surface area contributed by atoms with Crippen LogP contribution in [0.2, 0.25) is 0 Å². The molecule has 0 aliphatic rings. The van der Waals surface area contributed by atoms with Gasteiger partial charge in [-0.2, -0.15) is 0 Å². The van der Waals surface area contributed by atoms with Crippen LogP contribution in [0.3, 0.4) is 0 Å². The molecule has 0 unspecified atom stereocenters. The second-order valence-electron chi connectivity index (χ2n) is 2.97. The van der Waals surface area contributed by atoms with Crippen LogP contribution in [0.1, 0.15) is 10.4 Å². The Morgan fingerprint density at radius 1 is 1.38 bits per heavy atom. The van der Waals surface area contributed by atoms with Gasteiger partial charge in [0.1, 0.15) is 24.2 Å². The predicted octanol–water partition coefficient (Wildman–Crippen LogP) is 0.507. The van der Waals surface area contributed by atoms with Crippen molar-refractivity contribution in [1.82, 2.24) is 14.9 Å². The van der Waals surface area contributed by atoms with Crippen LogP contribution in [-0.4, -0.2) is 25.9 Å². The van der Waals surface area contributed by atoms with Gasteiger partial charge in [-0.1, -0.05) is 0 Å². The van der Waals surface area contributed by atoms with E-state index in [0.717, 1.165) is 18.2 Å². The fraction of sp³-hybridized carbons (Fsp3) is 0. The van der Waals surface area contributed by atoms with Gasteiger partial charge in [-0.05, 0) is 18.2 Å². The molecule has 82 valence electrons. The Balaban J connectivity index is 2.24. The van der Waals surface area contributed by atoms with Crippen LogP contribution in [0.5, 0.6) is 5.75 Å². The first-order chi connectivity index (χ1) is 7.66. The van der Waals surface area contributed by atoms with Crippen molar-refractivity contribution < 1.29 is 14.3 Å². The number of nitrogens with one attached hydrogen (secondary N) is 1. The molecule has 1 aromatic carbocycles. The first-order valence-corrected chi connectivity index (χ1v) is 4.31. The van der Waals surface area contributed by atoms with E-state index in [9.17, 15) is 14.3 Å². The second-order valence-corrected chi connectivity index (χ2v) is 2.97. The molecular weight excluding hydrogens is 215 g/mol. The highest BCUT2D eigenvalue weighted by Crippen LogP contribution is 2.17. The van der Waals surface area contributed by atoms with Gasteiger partial charge in [0.25, 0.3) is 5.91 Å². The van der Waals surface area contributed by atoms with E-state index in [1.54, 1.807) is 0 Å². The van der Waals surface area contributed by atoms with E-state index in [0.29, 0.717) is 0 Å². The zero-order chi connectivity index (χ0) is 11.5. The lowest BCUT2D eigenvalue weighted by atomic mass is 10.2. The number of carbonyl (C=O) groups excluding carboxylic acids is 1. The fourth-order valence-corrected chi connectivity index (χ4v) is 1.13.